The normalized spacial score (nSPS) is 21.2. The molecule has 2 fully saturated rings. The lowest BCUT2D eigenvalue weighted by molar-refractivity contribution is -0.130. The molecule has 3 rings (SSSR count). The summed E-state index contributed by atoms with van der Waals surface area (Å²) in [5.74, 6) is 0.166. The van der Waals surface area contributed by atoms with Gasteiger partial charge in [0.15, 0.2) is 0 Å². The van der Waals surface area contributed by atoms with Crippen LogP contribution in [0.25, 0.3) is 0 Å². The quantitative estimate of drug-likeness (QED) is 0.862. The Hall–Kier alpha value is -1.39. The van der Waals surface area contributed by atoms with E-state index in [-0.39, 0.29) is 5.91 Å². The highest BCUT2D eigenvalue weighted by molar-refractivity contribution is 5.88. The van der Waals surface area contributed by atoms with Crippen molar-refractivity contribution >= 4 is 5.91 Å². The second-order valence-electron chi connectivity index (χ2n) is 7.59. The Morgan fingerprint density at radius 2 is 1.84 bits per heavy atom. The van der Waals surface area contributed by atoms with Crippen LogP contribution < -0.4 is 5.32 Å². The van der Waals surface area contributed by atoms with Crippen LogP contribution in [0.2, 0.25) is 0 Å². The predicted octanol–water partition coefficient (Wildman–Crippen LogP) is 3.12. The largest absolute Gasteiger partial charge is 0.381 e. The highest BCUT2D eigenvalue weighted by atomic mass is 16.5. The SMILES string of the molecule is CN(CCNC(=O)C1(c2ccccc2)CCOCC1)C1CCCCC1. The topological polar surface area (TPSA) is 41.6 Å². The molecule has 138 valence electrons. The molecule has 1 heterocycles. The maximum Gasteiger partial charge on any atom is 0.230 e. The van der Waals surface area contributed by atoms with Crippen molar-refractivity contribution in [1.29, 1.82) is 0 Å². The first-order valence-electron chi connectivity index (χ1n) is 9.84. The van der Waals surface area contributed by atoms with Crippen LogP contribution in [0.15, 0.2) is 30.3 Å². The molecule has 0 bridgehead atoms. The number of amides is 1. The van der Waals surface area contributed by atoms with Gasteiger partial charge in [0.25, 0.3) is 0 Å². The average molecular weight is 344 g/mol. The summed E-state index contributed by atoms with van der Waals surface area (Å²) in [5, 5.41) is 3.23. The van der Waals surface area contributed by atoms with Crippen molar-refractivity contribution in [3.63, 3.8) is 0 Å². The third kappa shape index (κ3) is 4.42. The van der Waals surface area contributed by atoms with Gasteiger partial charge in [-0.3, -0.25) is 4.79 Å². The van der Waals surface area contributed by atoms with Crippen LogP contribution in [-0.4, -0.2) is 50.2 Å². The highest BCUT2D eigenvalue weighted by Gasteiger charge is 2.41. The first-order chi connectivity index (χ1) is 12.2. The molecule has 4 heteroatoms. The van der Waals surface area contributed by atoms with Crippen LogP contribution >= 0.6 is 0 Å². The number of carbonyl (C=O) groups excluding carboxylic acids is 1. The molecule has 1 amide bonds. The Labute approximate surface area is 151 Å². The van der Waals surface area contributed by atoms with Crippen LogP contribution in [0.1, 0.15) is 50.5 Å². The van der Waals surface area contributed by atoms with Gasteiger partial charge in [0.05, 0.1) is 5.41 Å². The molecular weight excluding hydrogens is 312 g/mol. The Morgan fingerprint density at radius 1 is 1.16 bits per heavy atom. The molecular formula is C21H32N2O2. The van der Waals surface area contributed by atoms with Crippen molar-refractivity contribution in [2.24, 2.45) is 0 Å². The lowest BCUT2D eigenvalue weighted by atomic mass is 9.73. The van der Waals surface area contributed by atoms with Crippen LogP contribution in [0.4, 0.5) is 0 Å². The number of nitrogens with zero attached hydrogens (tertiary/aromatic N) is 1. The minimum absolute atomic E-state index is 0.166. The van der Waals surface area contributed by atoms with Gasteiger partial charge in [-0.1, -0.05) is 49.6 Å². The third-order valence-electron chi connectivity index (χ3n) is 6.06. The smallest absolute Gasteiger partial charge is 0.230 e. The Balaban J connectivity index is 1.57. The molecule has 4 nitrogen and oxygen atoms in total. The molecule has 1 aromatic carbocycles. The maximum atomic E-state index is 13.1. The number of nitrogens with one attached hydrogen (secondary N) is 1. The van der Waals surface area contributed by atoms with E-state index in [1.54, 1.807) is 0 Å². The fourth-order valence-electron chi connectivity index (χ4n) is 4.34. The summed E-state index contributed by atoms with van der Waals surface area (Å²) in [6.07, 6.45) is 8.20. The molecule has 1 N–H and O–H groups in total. The van der Waals surface area contributed by atoms with Crippen molar-refractivity contribution in [2.45, 2.75) is 56.4 Å². The van der Waals surface area contributed by atoms with E-state index in [4.69, 9.17) is 4.74 Å². The summed E-state index contributed by atoms with van der Waals surface area (Å²) in [4.78, 5) is 15.5. The number of benzene rings is 1. The van der Waals surface area contributed by atoms with Gasteiger partial charge >= 0.3 is 0 Å². The summed E-state index contributed by atoms with van der Waals surface area (Å²) in [5.41, 5.74) is 0.694. The van der Waals surface area contributed by atoms with Gasteiger partial charge in [0, 0.05) is 32.3 Å². The first kappa shape index (κ1) is 18.4. The van der Waals surface area contributed by atoms with E-state index in [1.807, 2.05) is 18.2 Å². The molecule has 1 aliphatic heterocycles. The second kappa shape index (κ2) is 8.81. The molecule has 0 radical (unpaired) electrons. The zero-order valence-electron chi connectivity index (χ0n) is 15.5. The monoisotopic (exact) mass is 344 g/mol. The molecule has 1 saturated carbocycles. The van der Waals surface area contributed by atoms with Gasteiger partial charge in [-0.15, -0.1) is 0 Å². The van der Waals surface area contributed by atoms with E-state index in [2.05, 4.69) is 29.4 Å². The summed E-state index contributed by atoms with van der Waals surface area (Å²) in [6, 6.07) is 10.9. The first-order valence-corrected chi connectivity index (χ1v) is 9.84. The summed E-state index contributed by atoms with van der Waals surface area (Å²) >= 11 is 0. The van der Waals surface area contributed by atoms with E-state index >= 15 is 0 Å². The number of hydrogen-bond acceptors (Lipinski definition) is 3. The van der Waals surface area contributed by atoms with Gasteiger partial charge in [-0.2, -0.15) is 0 Å². The minimum Gasteiger partial charge on any atom is -0.381 e. The predicted molar refractivity (Wildman–Crippen MR) is 101 cm³/mol. The van der Waals surface area contributed by atoms with Gasteiger partial charge in [0.2, 0.25) is 5.91 Å². The van der Waals surface area contributed by atoms with Crippen molar-refractivity contribution in [1.82, 2.24) is 10.2 Å². The fourth-order valence-corrected chi connectivity index (χ4v) is 4.34. The van der Waals surface area contributed by atoms with Gasteiger partial charge in [-0.25, -0.2) is 0 Å². The van der Waals surface area contributed by atoms with Crippen molar-refractivity contribution in [3.8, 4) is 0 Å². The van der Waals surface area contributed by atoms with Crippen molar-refractivity contribution < 1.29 is 9.53 Å². The molecule has 0 spiro atoms. The Bertz CT molecular complexity index is 534. The molecule has 1 aliphatic carbocycles. The zero-order valence-corrected chi connectivity index (χ0v) is 15.5. The lowest BCUT2D eigenvalue weighted by Gasteiger charge is -2.37. The highest BCUT2D eigenvalue weighted by Crippen LogP contribution is 2.35. The van der Waals surface area contributed by atoms with Crippen molar-refractivity contribution in [3.05, 3.63) is 35.9 Å². The lowest BCUT2D eigenvalue weighted by Crippen LogP contribution is -2.49. The number of ether oxygens (including phenoxy) is 1. The molecule has 2 aliphatic rings. The van der Waals surface area contributed by atoms with E-state index in [1.165, 1.54) is 32.1 Å². The summed E-state index contributed by atoms with van der Waals surface area (Å²) < 4.78 is 5.53. The molecule has 0 aromatic heterocycles. The van der Waals surface area contributed by atoms with E-state index in [0.29, 0.717) is 19.3 Å². The molecule has 25 heavy (non-hydrogen) atoms. The molecule has 0 unspecified atom stereocenters. The third-order valence-corrected chi connectivity index (χ3v) is 6.06. The average Bonchev–Trinajstić information content (AvgIpc) is 2.69. The number of hydrogen-bond donors (Lipinski definition) is 1. The van der Waals surface area contributed by atoms with E-state index < -0.39 is 5.41 Å². The van der Waals surface area contributed by atoms with Gasteiger partial charge < -0.3 is 15.0 Å². The zero-order chi connectivity index (χ0) is 17.5. The number of likely N-dealkylation sites (N-methyl/N-ethyl adjacent to an activating group) is 1. The number of rotatable bonds is 6. The molecule has 0 atom stereocenters. The van der Waals surface area contributed by atoms with Crippen LogP contribution in [0, 0.1) is 0 Å². The second-order valence-corrected chi connectivity index (χ2v) is 7.59. The Kier molecular flexibility index (Phi) is 6.49. The number of carbonyl (C=O) groups is 1. The minimum atomic E-state index is -0.428. The maximum absolute atomic E-state index is 13.1. The van der Waals surface area contributed by atoms with Gasteiger partial charge in [-0.05, 0) is 38.3 Å². The van der Waals surface area contributed by atoms with Gasteiger partial charge in [0.1, 0.15) is 0 Å². The Morgan fingerprint density at radius 3 is 2.52 bits per heavy atom. The van der Waals surface area contributed by atoms with Crippen molar-refractivity contribution in [2.75, 3.05) is 33.4 Å². The van der Waals surface area contributed by atoms with Crippen LogP contribution in [-0.2, 0) is 14.9 Å². The standard InChI is InChI=1S/C21H32N2O2/c1-23(19-10-6-3-7-11-19)15-14-22-20(24)21(12-16-25-17-13-21)18-8-4-2-5-9-18/h2,4-5,8-9,19H,3,6-7,10-17H2,1H3,(H,22,24). The molecule has 1 aromatic rings. The van der Waals surface area contributed by atoms with Crippen LogP contribution in [0.3, 0.4) is 0 Å². The van der Waals surface area contributed by atoms with E-state index in [9.17, 15) is 4.79 Å². The fraction of sp³-hybridized carbons (Fsp3) is 0.667. The van der Waals surface area contributed by atoms with Crippen LogP contribution in [0.5, 0.6) is 0 Å². The molecule has 1 saturated heterocycles. The van der Waals surface area contributed by atoms with E-state index in [0.717, 1.165) is 31.5 Å². The summed E-state index contributed by atoms with van der Waals surface area (Å²) in [7, 11) is 2.20. The summed E-state index contributed by atoms with van der Waals surface area (Å²) in [6.45, 7) is 2.97.